The van der Waals surface area contributed by atoms with Gasteiger partial charge in [-0.2, -0.15) is 0 Å². The fourth-order valence-electron chi connectivity index (χ4n) is 2.37. The summed E-state index contributed by atoms with van der Waals surface area (Å²) < 4.78 is 5.56. The first-order valence-corrected chi connectivity index (χ1v) is 7.15. The molecule has 2 rings (SSSR count). The quantitative estimate of drug-likeness (QED) is 0.812. The summed E-state index contributed by atoms with van der Waals surface area (Å²) in [5.74, 6) is 0.994. The number of ether oxygens (including phenoxy) is 1. The molecule has 0 atom stereocenters. The molecular weight excluding hydrogens is 238 g/mol. The van der Waals surface area contributed by atoms with Gasteiger partial charge < -0.3 is 15.4 Å². The first-order valence-electron chi connectivity index (χ1n) is 7.15. The first kappa shape index (κ1) is 14.3. The van der Waals surface area contributed by atoms with Crippen LogP contribution in [0, 0.1) is 6.92 Å². The molecule has 4 heteroatoms. The van der Waals surface area contributed by atoms with Crippen LogP contribution in [0.3, 0.4) is 0 Å². The molecule has 0 aromatic heterocycles. The molecule has 1 aliphatic rings. The van der Waals surface area contributed by atoms with Crippen molar-refractivity contribution >= 4 is 0 Å². The van der Waals surface area contributed by atoms with Gasteiger partial charge in [0.1, 0.15) is 5.75 Å². The topological polar surface area (TPSA) is 36.5 Å². The van der Waals surface area contributed by atoms with Crippen LogP contribution in [0.25, 0.3) is 0 Å². The number of piperazine rings is 1. The lowest BCUT2D eigenvalue weighted by molar-refractivity contribution is 0.223. The average Bonchev–Trinajstić information content (AvgIpc) is 2.43. The van der Waals surface area contributed by atoms with Gasteiger partial charge in [-0.05, 0) is 31.0 Å². The highest BCUT2D eigenvalue weighted by Gasteiger charge is 2.08. The van der Waals surface area contributed by atoms with Crippen LogP contribution in [0.15, 0.2) is 18.2 Å². The summed E-state index contributed by atoms with van der Waals surface area (Å²) in [6.45, 7) is 11.2. The number of benzene rings is 1. The van der Waals surface area contributed by atoms with E-state index < -0.39 is 0 Å². The Balaban J connectivity index is 1.77. The number of aryl methyl sites for hydroxylation is 1. The second-order valence-electron chi connectivity index (χ2n) is 4.99. The summed E-state index contributed by atoms with van der Waals surface area (Å²) in [7, 11) is 0. The van der Waals surface area contributed by atoms with E-state index in [1.807, 2.05) is 6.92 Å². The number of nitrogens with one attached hydrogen (secondary N) is 2. The normalized spacial score (nSPS) is 16.5. The van der Waals surface area contributed by atoms with Crippen molar-refractivity contribution in [1.82, 2.24) is 15.5 Å². The molecule has 1 aliphatic heterocycles. The molecule has 1 saturated heterocycles. The van der Waals surface area contributed by atoms with Crippen molar-refractivity contribution in [3.63, 3.8) is 0 Å². The van der Waals surface area contributed by atoms with E-state index in [2.05, 4.69) is 40.7 Å². The van der Waals surface area contributed by atoms with Crippen LogP contribution in [0.4, 0.5) is 0 Å². The van der Waals surface area contributed by atoms with Gasteiger partial charge in [0.2, 0.25) is 0 Å². The van der Waals surface area contributed by atoms with Gasteiger partial charge in [-0.25, -0.2) is 0 Å². The molecular formula is C15H25N3O. The zero-order valence-corrected chi connectivity index (χ0v) is 12.0. The van der Waals surface area contributed by atoms with Crippen molar-refractivity contribution in [1.29, 1.82) is 0 Å². The van der Waals surface area contributed by atoms with Crippen LogP contribution in [-0.2, 0) is 6.54 Å². The van der Waals surface area contributed by atoms with Crippen LogP contribution in [-0.4, -0.2) is 44.4 Å². The molecule has 0 aliphatic carbocycles. The minimum atomic E-state index is 0.724. The zero-order valence-electron chi connectivity index (χ0n) is 12.0. The van der Waals surface area contributed by atoms with E-state index in [9.17, 15) is 0 Å². The van der Waals surface area contributed by atoms with Crippen LogP contribution >= 0.6 is 0 Å². The number of hydrogen-bond donors (Lipinski definition) is 2. The highest BCUT2D eigenvalue weighted by Crippen LogP contribution is 2.18. The van der Waals surface area contributed by atoms with Crippen molar-refractivity contribution < 1.29 is 4.74 Å². The molecule has 1 fully saturated rings. The predicted molar refractivity (Wildman–Crippen MR) is 78.5 cm³/mol. The fraction of sp³-hybridized carbons (Fsp3) is 0.600. The maximum atomic E-state index is 5.56. The monoisotopic (exact) mass is 263 g/mol. The van der Waals surface area contributed by atoms with E-state index in [0.717, 1.165) is 51.7 Å². The third kappa shape index (κ3) is 4.49. The van der Waals surface area contributed by atoms with Crippen LogP contribution in [0.1, 0.15) is 18.1 Å². The van der Waals surface area contributed by atoms with E-state index in [1.54, 1.807) is 0 Å². The highest BCUT2D eigenvalue weighted by molar-refractivity contribution is 5.36. The lowest BCUT2D eigenvalue weighted by Crippen LogP contribution is -2.46. The summed E-state index contributed by atoms with van der Waals surface area (Å²) in [5.41, 5.74) is 2.53. The second-order valence-corrected chi connectivity index (χ2v) is 4.99. The Hall–Kier alpha value is -1.10. The van der Waals surface area contributed by atoms with E-state index in [1.165, 1.54) is 11.1 Å². The summed E-state index contributed by atoms with van der Waals surface area (Å²) in [6.07, 6.45) is 0. The molecule has 106 valence electrons. The SMILES string of the molecule is CCOc1ccc(CNCN2CCNCC2)cc1C. The Kier molecular flexibility index (Phi) is 5.63. The van der Waals surface area contributed by atoms with Crippen molar-refractivity contribution in [3.05, 3.63) is 29.3 Å². The van der Waals surface area contributed by atoms with Crippen molar-refractivity contribution in [2.24, 2.45) is 0 Å². The fourth-order valence-corrected chi connectivity index (χ4v) is 2.37. The third-order valence-corrected chi connectivity index (χ3v) is 3.41. The van der Waals surface area contributed by atoms with Crippen LogP contribution in [0.5, 0.6) is 5.75 Å². The molecule has 0 saturated carbocycles. The number of hydrogen-bond acceptors (Lipinski definition) is 4. The molecule has 1 aromatic carbocycles. The van der Waals surface area contributed by atoms with Crippen LogP contribution in [0.2, 0.25) is 0 Å². The number of nitrogens with zero attached hydrogens (tertiary/aromatic N) is 1. The Labute approximate surface area is 116 Å². The molecule has 0 spiro atoms. The van der Waals surface area contributed by atoms with Crippen molar-refractivity contribution in [3.8, 4) is 5.75 Å². The minimum Gasteiger partial charge on any atom is -0.494 e. The smallest absolute Gasteiger partial charge is 0.122 e. The maximum Gasteiger partial charge on any atom is 0.122 e. The van der Waals surface area contributed by atoms with Gasteiger partial charge in [0, 0.05) is 39.4 Å². The van der Waals surface area contributed by atoms with Gasteiger partial charge in [0.25, 0.3) is 0 Å². The summed E-state index contributed by atoms with van der Waals surface area (Å²) >= 11 is 0. The second kappa shape index (κ2) is 7.48. The Morgan fingerprint density at radius 1 is 1.32 bits per heavy atom. The molecule has 1 aromatic rings. The standard InChI is InChI=1S/C15H25N3O/c1-3-19-15-5-4-14(10-13(15)2)11-17-12-18-8-6-16-7-9-18/h4-5,10,16-17H,3,6-9,11-12H2,1-2H3. The van der Waals surface area contributed by atoms with Crippen molar-refractivity contribution in [2.45, 2.75) is 20.4 Å². The van der Waals surface area contributed by atoms with Gasteiger partial charge in [0.15, 0.2) is 0 Å². The lowest BCUT2D eigenvalue weighted by Gasteiger charge is -2.27. The maximum absolute atomic E-state index is 5.56. The lowest BCUT2D eigenvalue weighted by atomic mass is 10.1. The van der Waals surface area contributed by atoms with Gasteiger partial charge in [-0.15, -0.1) is 0 Å². The van der Waals surface area contributed by atoms with Gasteiger partial charge in [-0.1, -0.05) is 12.1 Å². The molecule has 19 heavy (non-hydrogen) atoms. The predicted octanol–water partition coefficient (Wildman–Crippen LogP) is 1.35. The Morgan fingerprint density at radius 2 is 2.11 bits per heavy atom. The average molecular weight is 263 g/mol. The van der Waals surface area contributed by atoms with Gasteiger partial charge in [0.05, 0.1) is 6.61 Å². The van der Waals surface area contributed by atoms with Crippen molar-refractivity contribution in [2.75, 3.05) is 39.5 Å². The minimum absolute atomic E-state index is 0.724. The molecule has 0 bridgehead atoms. The van der Waals surface area contributed by atoms with E-state index in [0.29, 0.717) is 0 Å². The highest BCUT2D eigenvalue weighted by atomic mass is 16.5. The Morgan fingerprint density at radius 3 is 2.79 bits per heavy atom. The number of rotatable bonds is 6. The van der Waals surface area contributed by atoms with E-state index in [-0.39, 0.29) is 0 Å². The molecule has 0 unspecified atom stereocenters. The molecule has 2 N–H and O–H groups in total. The largest absolute Gasteiger partial charge is 0.494 e. The summed E-state index contributed by atoms with van der Waals surface area (Å²) in [5, 5.41) is 6.87. The Bertz CT molecular complexity index is 389. The van der Waals surface area contributed by atoms with E-state index >= 15 is 0 Å². The summed E-state index contributed by atoms with van der Waals surface area (Å²) in [4.78, 5) is 2.44. The third-order valence-electron chi connectivity index (χ3n) is 3.41. The van der Waals surface area contributed by atoms with Crippen LogP contribution < -0.4 is 15.4 Å². The molecule has 1 heterocycles. The first-order chi connectivity index (χ1) is 9.29. The van der Waals surface area contributed by atoms with Gasteiger partial charge in [-0.3, -0.25) is 4.90 Å². The van der Waals surface area contributed by atoms with E-state index in [4.69, 9.17) is 4.74 Å². The van der Waals surface area contributed by atoms with Gasteiger partial charge >= 0.3 is 0 Å². The molecule has 4 nitrogen and oxygen atoms in total. The zero-order chi connectivity index (χ0) is 13.5. The molecule has 0 amide bonds. The molecule has 0 radical (unpaired) electrons. The summed E-state index contributed by atoms with van der Waals surface area (Å²) in [6, 6.07) is 6.42.